The summed E-state index contributed by atoms with van der Waals surface area (Å²) >= 11 is 0. The molecule has 2 atom stereocenters. The molecule has 1 aliphatic carbocycles. The fourth-order valence-corrected chi connectivity index (χ4v) is 2.87. The van der Waals surface area contributed by atoms with E-state index in [4.69, 9.17) is 14.2 Å². The van der Waals surface area contributed by atoms with Crippen molar-refractivity contribution in [2.45, 2.75) is 32.0 Å². The molecular weight excluding hydrogens is 224 g/mol. The number of hydrogen-bond acceptors (Lipinski definition) is 5. The van der Waals surface area contributed by atoms with Crippen LogP contribution in [0.2, 0.25) is 0 Å². The molecule has 5 nitrogen and oxygen atoms in total. The van der Waals surface area contributed by atoms with Crippen molar-refractivity contribution in [2.24, 2.45) is 11.8 Å². The molecule has 2 aliphatic rings. The Morgan fingerprint density at radius 2 is 2.00 bits per heavy atom. The minimum absolute atomic E-state index is 0.0296. The summed E-state index contributed by atoms with van der Waals surface area (Å²) in [5.41, 5.74) is 0. The van der Waals surface area contributed by atoms with E-state index in [2.05, 4.69) is 0 Å². The van der Waals surface area contributed by atoms with E-state index in [1.54, 1.807) is 0 Å². The maximum absolute atomic E-state index is 11.6. The number of methoxy groups -OCH3 is 1. The predicted octanol–water partition coefficient (Wildman–Crippen LogP) is 0.908. The molecule has 1 saturated carbocycles. The highest BCUT2D eigenvalue weighted by Crippen LogP contribution is 2.44. The van der Waals surface area contributed by atoms with Gasteiger partial charge in [-0.05, 0) is 19.3 Å². The molecule has 0 amide bonds. The highest BCUT2D eigenvalue weighted by molar-refractivity contribution is 5.98. The number of Topliss-reactive ketones (excluding diaryl/α,β-unsaturated/α-hetero) is 1. The Bertz CT molecular complexity index is 319. The van der Waals surface area contributed by atoms with Gasteiger partial charge in [0, 0.05) is 12.8 Å². The minimum atomic E-state index is -0.674. The molecule has 0 bridgehead atoms. The molecule has 1 saturated heterocycles. The smallest absolute Gasteiger partial charge is 0.316 e. The van der Waals surface area contributed by atoms with Crippen molar-refractivity contribution in [3.63, 3.8) is 0 Å². The highest BCUT2D eigenvalue weighted by Gasteiger charge is 2.49. The second kappa shape index (κ2) is 4.74. The van der Waals surface area contributed by atoms with Gasteiger partial charge in [-0.1, -0.05) is 0 Å². The molecule has 0 aromatic heterocycles. The molecular formula is C12H18O5. The maximum atomic E-state index is 11.6. The topological polar surface area (TPSA) is 61.8 Å². The van der Waals surface area contributed by atoms with E-state index in [1.165, 1.54) is 14.0 Å². The first-order chi connectivity index (χ1) is 8.08. The monoisotopic (exact) mass is 242 g/mol. The van der Waals surface area contributed by atoms with Crippen molar-refractivity contribution in [3.05, 3.63) is 0 Å². The van der Waals surface area contributed by atoms with Crippen LogP contribution in [-0.4, -0.2) is 37.9 Å². The van der Waals surface area contributed by atoms with E-state index in [0.717, 1.165) is 12.8 Å². The predicted molar refractivity (Wildman–Crippen MR) is 58.2 cm³/mol. The van der Waals surface area contributed by atoms with Gasteiger partial charge in [0.1, 0.15) is 11.7 Å². The molecule has 1 spiro atoms. The molecule has 0 aromatic carbocycles. The van der Waals surface area contributed by atoms with Crippen LogP contribution in [0.15, 0.2) is 0 Å². The molecule has 2 rings (SSSR count). The van der Waals surface area contributed by atoms with Gasteiger partial charge < -0.3 is 14.2 Å². The molecule has 1 aliphatic heterocycles. The maximum Gasteiger partial charge on any atom is 0.316 e. The molecule has 1 unspecified atom stereocenters. The van der Waals surface area contributed by atoms with Crippen molar-refractivity contribution < 1.29 is 23.8 Å². The van der Waals surface area contributed by atoms with E-state index in [0.29, 0.717) is 19.6 Å². The summed E-state index contributed by atoms with van der Waals surface area (Å²) in [6.07, 6.45) is 2.12. The minimum Gasteiger partial charge on any atom is -0.468 e. The Balaban J connectivity index is 2.06. The molecule has 2 fully saturated rings. The fourth-order valence-electron chi connectivity index (χ4n) is 2.87. The van der Waals surface area contributed by atoms with Gasteiger partial charge in [-0.2, -0.15) is 0 Å². The second-order valence-electron chi connectivity index (χ2n) is 4.72. The summed E-state index contributed by atoms with van der Waals surface area (Å²) in [6, 6.07) is 0. The Morgan fingerprint density at radius 1 is 1.35 bits per heavy atom. The average molecular weight is 242 g/mol. The lowest BCUT2D eigenvalue weighted by Crippen LogP contribution is -2.32. The van der Waals surface area contributed by atoms with Crippen LogP contribution in [0.3, 0.4) is 0 Å². The third-order valence-corrected chi connectivity index (χ3v) is 3.65. The van der Waals surface area contributed by atoms with Crippen molar-refractivity contribution in [1.29, 1.82) is 0 Å². The highest BCUT2D eigenvalue weighted by atomic mass is 16.7. The molecule has 0 aromatic rings. The van der Waals surface area contributed by atoms with Gasteiger partial charge in [-0.3, -0.25) is 9.59 Å². The van der Waals surface area contributed by atoms with Crippen LogP contribution in [-0.2, 0) is 23.8 Å². The molecule has 5 heteroatoms. The number of carbonyl (C=O) groups excluding carboxylic acids is 2. The van der Waals surface area contributed by atoms with Crippen molar-refractivity contribution in [3.8, 4) is 0 Å². The van der Waals surface area contributed by atoms with Gasteiger partial charge in [0.05, 0.1) is 20.3 Å². The zero-order chi connectivity index (χ0) is 12.5. The summed E-state index contributed by atoms with van der Waals surface area (Å²) in [4.78, 5) is 23.2. The van der Waals surface area contributed by atoms with Crippen molar-refractivity contribution in [1.82, 2.24) is 0 Å². The largest absolute Gasteiger partial charge is 0.468 e. The Morgan fingerprint density at radius 3 is 2.53 bits per heavy atom. The van der Waals surface area contributed by atoms with E-state index in [1.807, 2.05) is 0 Å². The zero-order valence-electron chi connectivity index (χ0n) is 10.2. The SMILES string of the molecule is COC(=O)C(C(C)=O)[C@H]1CCC2(C1)OCCO2. The molecule has 17 heavy (non-hydrogen) atoms. The van der Waals surface area contributed by atoms with Gasteiger partial charge in [0.25, 0.3) is 0 Å². The standard InChI is InChI=1S/C12H18O5/c1-8(13)10(11(14)15-2)9-3-4-12(7-9)16-5-6-17-12/h9-10H,3-7H2,1-2H3/t9-,10?/m0/s1. The third-order valence-electron chi connectivity index (χ3n) is 3.65. The normalized spacial score (nSPS) is 28.2. The number of rotatable bonds is 3. The number of ether oxygens (including phenoxy) is 3. The number of carbonyl (C=O) groups is 2. The Labute approximate surface area is 100 Å². The van der Waals surface area contributed by atoms with Crippen LogP contribution in [0, 0.1) is 11.8 Å². The molecule has 0 radical (unpaired) electrons. The van der Waals surface area contributed by atoms with Gasteiger partial charge in [-0.25, -0.2) is 0 Å². The summed E-state index contributed by atoms with van der Waals surface area (Å²) < 4.78 is 15.9. The van der Waals surface area contributed by atoms with Gasteiger partial charge >= 0.3 is 5.97 Å². The number of hydrogen-bond donors (Lipinski definition) is 0. The lowest BCUT2D eigenvalue weighted by Gasteiger charge is -2.23. The van der Waals surface area contributed by atoms with Gasteiger partial charge in [0.2, 0.25) is 0 Å². The summed E-state index contributed by atoms with van der Waals surface area (Å²) in [5.74, 6) is -1.84. The second-order valence-corrected chi connectivity index (χ2v) is 4.72. The van der Waals surface area contributed by atoms with Crippen LogP contribution < -0.4 is 0 Å². The first-order valence-corrected chi connectivity index (χ1v) is 5.94. The van der Waals surface area contributed by atoms with Crippen molar-refractivity contribution >= 4 is 11.8 Å². The van der Waals surface area contributed by atoms with Gasteiger partial charge in [0.15, 0.2) is 5.79 Å². The number of ketones is 1. The Hall–Kier alpha value is -0.940. The van der Waals surface area contributed by atoms with Gasteiger partial charge in [-0.15, -0.1) is 0 Å². The molecule has 1 heterocycles. The van der Waals surface area contributed by atoms with E-state index in [9.17, 15) is 9.59 Å². The quantitative estimate of drug-likeness (QED) is 0.543. The summed E-state index contributed by atoms with van der Waals surface area (Å²) in [6.45, 7) is 2.62. The fraction of sp³-hybridized carbons (Fsp3) is 0.833. The van der Waals surface area contributed by atoms with Crippen molar-refractivity contribution in [2.75, 3.05) is 20.3 Å². The van der Waals surface area contributed by atoms with Crippen LogP contribution in [0.25, 0.3) is 0 Å². The van der Waals surface area contributed by atoms with Crippen LogP contribution >= 0.6 is 0 Å². The summed E-state index contributed by atoms with van der Waals surface area (Å²) in [5, 5.41) is 0. The first kappa shape index (κ1) is 12.5. The average Bonchev–Trinajstić information content (AvgIpc) is 2.90. The zero-order valence-corrected chi connectivity index (χ0v) is 10.2. The lowest BCUT2D eigenvalue weighted by atomic mass is 9.87. The van der Waals surface area contributed by atoms with E-state index in [-0.39, 0.29) is 11.7 Å². The lowest BCUT2D eigenvalue weighted by molar-refractivity contribution is -0.159. The molecule has 0 N–H and O–H groups in total. The Kier molecular flexibility index (Phi) is 3.49. The third kappa shape index (κ3) is 2.35. The number of esters is 1. The van der Waals surface area contributed by atoms with Crippen LogP contribution in [0.5, 0.6) is 0 Å². The molecule has 96 valence electrons. The van der Waals surface area contributed by atoms with E-state index < -0.39 is 17.7 Å². The van der Waals surface area contributed by atoms with E-state index >= 15 is 0 Å². The van der Waals surface area contributed by atoms with Crippen LogP contribution in [0.1, 0.15) is 26.2 Å². The first-order valence-electron chi connectivity index (χ1n) is 5.94. The van der Waals surface area contributed by atoms with Crippen LogP contribution in [0.4, 0.5) is 0 Å². The summed E-state index contributed by atoms with van der Waals surface area (Å²) in [7, 11) is 1.31.